The van der Waals surface area contributed by atoms with Crippen LogP contribution in [0.2, 0.25) is 0 Å². The van der Waals surface area contributed by atoms with Gasteiger partial charge in [0.25, 0.3) is 0 Å². The number of anilines is 1. The number of rotatable bonds is 5. The molecule has 9 heteroatoms. The number of amides is 2. The lowest BCUT2D eigenvalue weighted by molar-refractivity contribution is 0.0622. The van der Waals surface area contributed by atoms with Crippen molar-refractivity contribution < 1.29 is 24.2 Å². The Balaban J connectivity index is 1.61. The van der Waals surface area contributed by atoms with Crippen molar-refractivity contribution in [2.75, 3.05) is 31.5 Å². The molecule has 1 aliphatic rings. The molecular weight excluding hydrogens is 340 g/mol. The molecule has 3 rings (SSSR count). The molecule has 140 valence electrons. The molecule has 1 fully saturated rings. The van der Waals surface area contributed by atoms with E-state index in [1.807, 2.05) is 25.1 Å². The number of aryl methyl sites for hydroxylation is 1. The summed E-state index contributed by atoms with van der Waals surface area (Å²) in [5, 5.41) is 21.7. The maximum atomic E-state index is 11.4. The van der Waals surface area contributed by atoms with E-state index in [9.17, 15) is 14.7 Å². The molecular formula is C17H22N4O5. The van der Waals surface area contributed by atoms with Gasteiger partial charge in [-0.2, -0.15) is 0 Å². The van der Waals surface area contributed by atoms with E-state index in [1.165, 1.54) is 9.80 Å². The third-order valence-corrected chi connectivity index (χ3v) is 4.54. The molecule has 0 spiro atoms. The minimum absolute atomic E-state index is 0.186. The molecule has 1 aliphatic heterocycles. The van der Waals surface area contributed by atoms with Gasteiger partial charge in [0.05, 0.1) is 6.04 Å². The quantitative estimate of drug-likeness (QED) is 0.747. The lowest BCUT2D eigenvalue weighted by atomic mass is 10.1. The average Bonchev–Trinajstić information content (AvgIpc) is 3.03. The van der Waals surface area contributed by atoms with Crippen LogP contribution < -0.4 is 5.32 Å². The summed E-state index contributed by atoms with van der Waals surface area (Å²) < 4.78 is 5.57. The maximum absolute atomic E-state index is 11.4. The lowest BCUT2D eigenvalue weighted by Gasteiger charge is -2.38. The van der Waals surface area contributed by atoms with Gasteiger partial charge in [-0.25, -0.2) is 14.6 Å². The second kappa shape index (κ2) is 7.51. The number of aromatic nitrogens is 1. The summed E-state index contributed by atoms with van der Waals surface area (Å²) in [4.78, 5) is 29.5. The van der Waals surface area contributed by atoms with Gasteiger partial charge >= 0.3 is 12.2 Å². The van der Waals surface area contributed by atoms with Gasteiger partial charge < -0.3 is 29.7 Å². The average molecular weight is 362 g/mol. The van der Waals surface area contributed by atoms with E-state index in [-0.39, 0.29) is 25.7 Å². The molecule has 0 aliphatic carbocycles. The van der Waals surface area contributed by atoms with Gasteiger partial charge in [-0.3, -0.25) is 0 Å². The number of nitrogens with one attached hydrogen (secondary N) is 1. The van der Waals surface area contributed by atoms with Gasteiger partial charge in [0.2, 0.25) is 0 Å². The van der Waals surface area contributed by atoms with E-state index in [2.05, 4.69) is 10.3 Å². The van der Waals surface area contributed by atoms with Crippen LogP contribution in [0.15, 0.2) is 22.6 Å². The third-order valence-electron chi connectivity index (χ3n) is 4.54. The van der Waals surface area contributed by atoms with Crippen molar-refractivity contribution in [2.24, 2.45) is 0 Å². The minimum atomic E-state index is -1.02. The normalized spacial score (nSPS) is 17.5. The Morgan fingerprint density at radius 2 is 2.12 bits per heavy atom. The van der Waals surface area contributed by atoms with Crippen LogP contribution in [0.4, 0.5) is 15.3 Å². The fraction of sp³-hybridized carbons (Fsp3) is 0.471. The molecule has 0 bridgehead atoms. The molecule has 1 aromatic carbocycles. The van der Waals surface area contributed by atoms with Crippen molar-refractivity contribution in [3.8, 4) is 0 Å². The molecule has 26 heavy (non-hydrogen) atoms. The summed E-state index contributed by atoms with van der Waals surface area (Å²) >= 11 is 0. The largest absolute Gasteiger partial charge is 0.465 e. The van der Waals surface area contributed by atoms with Crippen molar-refractivity contribution in [2.45, 2.75) is 25.8 Å². The highest BCUT2D eigenvalue weighted by atomic mass is 16.4. The van der Waals surface area contributed by atoms with E-state index < -0.39 is 12.2 Å². The molecule has 0 unspecified atom stereocenters. The van der Waals surface area contributed by atoms with Crippen molar-refractivity contribution in [3.05, 3.63) is 24.1 Å². The van der Waals surface area contributed by atoms with Crippen LogP contribution in [0.3, 0.4) is 0 Å². The molecule has 1 aromatic heterocycles. The highest BCUT2D eigenvalue weighted by Crippen LogP contribution is 2.21. The number of hydrogen-bond donors (Lipinski definition) is 3. The molecule has 9 nitrogen and oxygen atoms in total. The van der Waals surface area contributed by atoms with Gasteiger partial charge in [0.1, 0.15) is 5.52 Å². The van der Waals surface area contributed by atoms with Crippen LogP contribution in [0.25, 0.3) is 11.1 Å². The van der Waals surface area contributed by atoms with Gasteiger partial charge in [-0.05, 0) is 24.6 Å². The summed E-state index contributed by atoms with van der Waals surface area (Å²) in [7, 11) is 0. The predicted octanol–water partition coefficient (Wildman–Crippen LogP) is 2.53. The highest BCUT2D eigenvalue weighted by molar-refractivity contribution is 5.77. The molecule has 2 amide bonds. The Morgan fingerprint density at radius 3 is 2.81 bits per heavy atom. The van der Waals surface area contributed by atoms with E-state index in [1.54, 1.807) is 0 Å². The van der Waals surface area contributed by atoms with Crippen LogP contribution in [-0.4, -0.2) is 69.4 Å². The first-order chi connectivity index (χ1) is 12.5. The number of carboxylic acid groups (broad SMARTS) is 2. The standard InChI is InChI=1S/C17H22N4O5/c1-2-15-19-13-9-11(3-4-14(13)26-15)18-6-5-12-10-20(16(22)23)7-8-21(12)17(24)25/h3-4,9,12,18H,2,5-8,10H2,1H3,(H,22,23)(H,24,25)/t12-/m1/s1. The van der Waals surface area contributed by atoms with Crippen LogP contribution in [0.5, 0.6) is 0 Å². The first kappa shape index (κ1) is 17.8. The molecule has 0 radical (unpaired) electrons. The Kier molecular flexibility index (Phi) is 5.15. The number of fused-ring (bicyclic) bond motifs is 1. The highest BCUT2D eigenvalue weighted by Gasteiger charge is 2.31. The van der Waals surface area contributed by atoms with Crippen LogP contribution in [0, 0.1) is 0 Å². The Bertz CT molecular complexity index is 806. The molecule has 3 N–H and O–H groups in total. The lowest BCUT2D eigenvalue weighted by Crippen LogP contribution is -2.56. The molecule has 2 aromatic rings. The topological polar surface area (TPSA) is 119 Å². The summed E-state index contributed by atoms with van der Waals surface area (Å²) in [5.41, 5.74) is 2.36. The fourth-order valence-electron chi connectivity index (χ4n) is 3.15. The molecule has 1 atom stereocenters. The third kappa shape index (κ3) is 3.81. The second-order valence-corrected chi connectivity index (χ2v) is 6.22. The number of benzene rings is 1. The number of nitrogens with zero attached hydrogens (tertiary/aromatic N) is 3. The minimum Gasteiger partial charge on any atom is -0.465 e. The summed E-state index contributed by atoms with van der Waals surface area (Å²) in [6, 6.07) is 5.25. The zero-order valence-electron chi connectivity index (χ0n) is 14.5. The van der Waals surface area contributed by atoms with Gasteiger partial charge in [0.15, 0.2) is 11.5 Å². The SMILES string of the molecule is CCc1nc2cc(NCC[C@@H]3CN(C(=O)O)CCN3C(=O)O)ccc2o1. The zero-order chi connectivity index (χ0) is 18.7. The van der Waals surface area contributed by atoms with Crippen LogP contribution in [0.1, 0.15) is 19.2 Å². The molecule has 0 saturated carbocycles. The van der Waals surface area contributed by atoms with Crippen molar-refractivity contribution in [1.29, 1.82) is 0 Å². The van der Waals surface area contributed by atoms with Crippen LogP contribution >= 0.6 is 0 Å². The smallest absolute Gasteiger partial charge is 0.407 e. The van der Waals surface area contributed by atoms with Gasteiger partial charge in [-0.1, -0.05) is 6.92 Å². The fourth-order valence-corrected chi connectivity index (χ4v) is 3.15. The zero-order valence-corrected chi connectivity index (χ0v) is 14.5. The first-order valence-corrected chi connectivity index (χ1v) is 8.58. The first-order valence-electron chi connectivity index (χ1n) is 8.58. The number of oxazole rings is 1. The molecule has 1 saturated heterocycles. The van der Waals surface area contributed by atoms with Crippen molar-refractivity contribution in [1.82, 2.24) is 14.8 Å². The van der Waals surface area contributed by atoms with Crippen LogP contribution in [-0.2, 0) is 6.42 Å². The Morgan fingerprint density at radius 1 is 1.31 bits per heavy atom. The Hall–Kier alpha value is -2.97. The summed E-state index contributed by atoms with van der Waals surface area (Å²) in [6.45, 7) is 3.07. The maximum Gasteiger partial charge on any atom is 0.407 e. The van der Waals surface area contributed by atoms with Gasteiger partial charge in [0, 0.05) is 38.3 Å². The number of carbonyl (C=O) groups is 2. The number of piperazine rings is 1. The van der Waals surface area contributed by atoms with E-state index in [0.717, 1.165) is 23.2 Å². The molecule has 2 heterocycles. The van der Waals surface area contributed by atoms with E-state index in [4.69, 9.17) is 9.52 Å². The summed E-state index contributed by atoms with van der Waals surface area (Å²) in [5.74, 6) is 0.685. The van der Waals surface area contributed by atoms with E-state index in [0.29, 0.717) is 18.9 Å². The van der Waals surface area contributed by atoms with Crippen molar-refractivity contribution >= 4 is 29.0 Å². The second-order valence-electron chi connectivity index (χ2n) is 6.22. The van der Waals surface area contributed by atoms with Gasteiger partial charge in [-0.15, -0.1) is 0 Å². The number of hydrogen-bond acceptors (Lipinski definition) is 5. The van der Waals surface area contributed by atoms with E-state index >= 15 is 0 Å². The Labute approximate surface area is 150 Å². The van der Waals surface area contributed by atoms with Crippen molar-refractivity contribution in [3.63, 3.8) is 0 Å². The summed E-state index contributed by atoms with van der Waals surface area (Å²) in [6.07, 6.45) is -0.801. The monoisotopic (exact) mass is 362 g/mol. The predicted molar refractivity (Wildman–Crippen MR) is 94.6 cm³/mol.